The maximum atomic E-state index is 5.89. The molecule has 3 heteroatoms. The molecule has 1 heterocycles. The molecule has 0 atom stereocenters. The number of benzene rings is 1. The molecule has 0 aliphatic heterocycles. The van der Waals surface area contributed by atoms with E-state index in [0.717, 1.165) is 28.8 Å². The van der Waals surface area contributed by atoms with Gasteiger partial charge < -0.3 is 10.5 Å². The highest BCUT2D eigenvalue weighted by molar-refractivity contribution is 5.84. The molecule has 0 amide bonds. The average molecular weight is 258 g/mol. The van der Waals surface area contributed by atoms with Crippen LogP contribution in [0.25, 0.3) is 10.9 Å². The first-order valence-electron chi connectivity index (χ1n) is 6.71. The zero-order valence-electron chi connectivity index (χ0n) is 11.9. The zero-order valence-corrected chi connectivity index (χ0v) is 11.9. The third-order valence-electron chi connectivity index (χ3n) is 3.41. The Bertz CT molecular complexity index is 564. The molecule has 0 saturated heterocycles. The minimum Gasteiger partial charge on any atom is -0.491 e. The Balaban J connectivity index is 2.14. The summed E-state index contributed by atoms with van der Waals surface area (Å²) in [6.07, 6.45) is 0.936. The molecule has 0 fully saturated rings. The van der Waals surface area contributed by atoms with Crippen LogP contribution in [0, 0.1) is 12.3 Å². The molecular weight excluding hydrogens is 236 g/mol. The second-order valence-electron chi connectivity index (χ2n) is 5.75. The molecule has 102 valence electrons. The Kier molecular flexibility index (Phi) is 4.05. The monoisotopic (exact) mass is 258 g/mol. The van der Waals surface area contributed by atoms with Gasteiger partial charge in [0.25, 0.3) is 0 Å². The van der Waals surface area contributed by atoms with E-state index in [1.165, 1.54) is 0 Å². The van der Waals surface area contributed by atoms with Crippen LogP contribution < -0.4 is 10.5 Å². The van der Waals surface area contributed by atoms with E-state index in [1.54, 1.807) is 0 Å². The van der Waals surface area contributed by atoms with Crippen molar-refractivity contribution in [2.75, 3.05) is 13.2 Å². The van der Waals surface area contributed by atoms with Gasteiger partial charge in [0, 0.05) is 11.1 Å². The topological polar surface area (TPSA) is 48.1 Å². The van der Waals surface area contributed by atoms with Crippen molar-refractivity contribution in [1.82, 2.24) is 4.98 Å². The fourth-order valence-corrected chi connectivity index (χ4v) is 1.87. The molecule has 0 unspecified atom stereocenters. The Morgan fingerprint density at radius 2 is 2.00 bits per heavy atom. The molecular formula is C16H22N2O. The van der Waals surface area contributed by atoms with Gasteiger partial charge in [0.15, 0.2) is 0 Å². The van der Waals surface area contributed by atoms with Gasteiger partial charge in [-0.15, -0.1) is 0 Å². The minimum atomic E-state index is 0.119. The van der Waals surface area contributed by atoms with Crippen molar-refractivity contribution in [2.45, 2.75) is 27.2 Å². The summed E-state index contributed by atoms with van der Waals surface area (Å²) in [5.41, 5.74) is 7.79. The van der Waals surface area contributed by atoms with Gasteiger partial charge in [-0.05, 0) is 37.4 Å². The van der Waals surface area contributed by atoms with Crippen molar-refractivity contribution in [1.29, 1.82) is 0 Å². The highest BCUT2D eigenvalue weighted by Gasteiger charge is 2.15. The van der Waals surface area contributed by atoms with Crippen molar-refractivity contribution >= 4 is 10.9 Å². The van der Waals surface area contributed by atoms with Crippen molar-refractivity contribution in [3.05, 3.63) is 36.0 Å². The summed E-state index contributed by atoms with van der Waals surface area (Å²) in [6, 6.07) is 10.1. The number of hydrogen-bond donors (Lipinski definition) is 1. The summed E-state index contributed by atoms with van der Waals surface area (Å²) in [4.78, 5) is 4.56. The van der Waals surface area contributed by atoms with Gasteiger partial charge in [0.1, 0.15) is 11.3 Å². The first kappa shape index (κ1) is 13.8. The van der Waals surface area contributed by atoms with Crippen LogP contribution in [0.2, 0.25) is 0 Å². The summed E-state index contributed by atoms with van der Waals surface area (Å²) in [5, 5.41) is 1.11. The van der Waals surface area contributed by atoms with Crippen LogP contribution in [0.4, 0.5) is 0 Å². The summed E-state index contributed by atoms with van der Waals surface area (Å²) in [6.45, 7) is 7.64. The lowest BCUT2D eigenvalue weighted by Gasteiger charge is -2.22. The zero-order chi connectivity index (χ0) is 13.9. The molecule has 0 aliphatic rings. The van der Waals surface area contributed by atoms with E-state index in [4.69, 9.17) is 10.5 Å². The highest BCUT2D eigenvalue weighted by atomic mass is 16.5. The third kappa shape index (κ3) is 3.44. The SMILES string of the molecule is Cc1ccc2cccc(OCCC(C)(C)CN)c2n1. The first-order chi connectivity index (χ1) is 9.02. The number of aromatic nitrogens is 1. The Morgan fingerprint density at radius 3 is 2.74 bits per heavy atom. The second-order valence-corrected chi connectivity index (χ2v) is 5.75. The summed E-state index contributed by atoms with van der Waals surface area (Å²) in [7, 11) is 0. The Labute approximate surface area is 114 Å². The molecule has 2 N–H and O–H groups in total. The average Bonchev–Trinajstić information content (AvgIpc) is 2.39. The lowest BCUT2D eigenvalue weighted by atomic mass is 9.90. The van der Waals surface area contributed by atoms with Gasteiger partial charge in [-0.2, -0.15) is 0 Å². The predicted octanol–water partition coefficient (Wildman–Crippen LogP) is 3.30. The number of para-hydroxylation sites is 1. The minimum absolute atomic E-state index is 0.119. The number of fused-ring (bicyclic) bond motifs is 1. The lowest BCUT2D eigenvalue weighted by Crippen LogP contribution is -2.25. The maximum absolute atomic E-state index is 5.89. The number of aryl methyl sites for hydroxylation is 1. The Morgan fingerprint density at radius 1 is 1.21 bits per heavy atom. The summed E-state index contributed by atoms with van der Waals surface area (Å²) < 4.78 is 5.89. The normalized spacial score (nSPS) is 11.8. The van der Waals surface area contributed by atoms with E-state index in [9.17, 15) is 0 Å². The number of nitrogens with zero attached hydrogens (tertiary/aromatic N) is 1. The van der Waals surface area contributed by atoms with Crippen LogP contribution in [0.3, 0.4) is 0 Å². The maximum Gasteiger partial charge on any atom is 0.145 e. The van der Waals surface area contributed by atoms with Crippen molar-refractivity contribution in [3.8, 4) is 5.75 Å². The second kappa shape index (κ2) is 5.57. The quantitative estimate of drug-likeness (QED) is 0.895. The summed E-state index contributed by atoms with van der Waals surface area (Å²) >= 11 is 0. The lowest BCUT2D eigenvalue weighted by molar-refractivity contribution is 0.235. The van der Waals surface area contributed by atoms with Gasteiger partial charge in [-0.1, -0.05) is 32.0 Å². The van der Waals surface area contributed by atoms with E-state index in [0.29, 0.717) is 13.2 Å². The molecule has 0 radical (unpaired) electrons. The number of rotatable bonds is 5. The van der Waals surface area contributed by atoms with E-state index >= 15 is 0 Å². The van der Waals surface area contributed by atoms with Crippen LogP contribution >= 0.6 is 0 Å². The molecule has 0 spiro atoms. The predicted molar refractivity (Wildman–Crippen MR) is 79.4 cm³/mol. The molecule has 0 saturated carbocycles. The molecule has 0 bridgehead atoms. The first-order valence-corrected chi connectivity index (χ1v) is 6.71. The van der Waals surface area contributed by atoms with E-state index in [2.05, 4.69) is 31.0 Å². The molecule has 1 aromatic heterocycles. The molecule has 3 nitrogen and oxygen atoms in total. The van der Waals surface area contributed by atoms with Crippen LogP contribution in [-0.2, 0) is 0 Å². The van der Waals surface area contributed by atoms with Gasteiger partial charge in [0.2, 0.25) is 0 Å². The van der Waals surface area contributed by atoms with E-state index in [1.807, 2.05) is 25.1 Å². The van der Waals surface area contributed by atoms with Gasteiger partial charge in [-0.3, -0.25) is 0 Å². The fourth-order valence-electron chi connectivity index (χ4n) is 1.87. The Hall–Kier alpha value is -1.61. The van der Waals surface area contributed by atoms with Crippen LogP contribution in [-0.4, -0.2) is 18.1 Å². The third-order valence-corrected chi connectivity index (χ3v) is 3.41. The van der Waals surface area contributed by atoms with Gasteiger partial charge >= 0.3 is 0 Å². The highest BCUT2D eigenvalue weighted by Crippen LogP contribution is 2.25. The van der Waals surface area contributed by atoms with Crippen molar-refractivity contribution in [3.63, 3.8) is 0 Å². The number of nitrogens with two attached hydrogens (primary N) is 1. The van der Waals surface area contributed by atoms with Crippen molar-refractivity contribution < 1.29 is 4.74 Å². The van der Waals surface area contributed by atoms with Crippen LogP contribution in [0.15, 0.2) is 30.3 Å². The van der Waals surface area contributed by atoms with Gasteiger partial charge in [-0.25, -0.2) is 4.98 Å². The van der Waals surface area contributed by atoms with E-state index in [-0.39, 0.29) is 5.41 Å². The smallest absolute Gasteiger partial charge is 0.145 e. The fraction of sp³-hybridized carbons (Fsp3) is 0.438. The largest absolute Gasteiger partial charge is 0.491 e. The van der Waals surface area contributed by atoms with Crippen LogP contribution in [0.1, 0.15) is 26.0 Å². The van der Waals surface area contributed by atoms with Crippen LogP contribution in [0.5, 0.6) is 5.75 Å². The number of ether oxygens (including phenoxy) is 1. The molecule has 19 heavy (non-hydrogen) atoms. The summed E-state index contributed by atoms with van der Waals surface area (Å²) in [5.74, 6) is 0.856. The standard InChI is InChI=1S/C16H22N2O/c1-12-7-8-13-5-4-6-14(15(13)18-12)19-10-9-16(2,3)11-17/h4-8H,9-11,17H2,1-3H3. The number of hydrogen-bond acceptors (Lipinski definition) is 3. The molecule has 0 aliphatic carbocycles. The van der Waals surface area contributed by atoms with Crippen molar-refractivity contribution in [2.24, 2.45) is 11.1 Å². The number of pyridine rings is 1. The molecule has 2 aromatic rings. The van der Waals surface area contributed by atoms with Gasteiger partial charge in [0.05, 0.1) is 6.61 Å². The molecule has 2 rings (SSSR count). The van der Waals surface area contributed by atoms with E-state index < -0.39 is 0 Å². The molecule has 1 aromatic carbocycles.